The fourth-order valence-electron chi connectivity index (χ4n) is 4.46. The minimum atomic E-state index is -0.942. The number of aliphatic carboxylic acids is 2. The molecule has 6 heteroatoms. The van der Waals surface area contributed by atoms with E-state index < -0.39 is 17.5 Å². The molecule has 0 radical (unpaired) electrons. The average molecular weight is 471 g/mol. The SMILES string of the molecule is CCCCCCCCCCCCC/C=C\[C@H](SCCC(=O)O)C1(O)CCC(C(=O)O)CC1. The van der Waals surface area contributed by atoms with Crippen molar-refractivity contribution in [3.8, 4) is 0 Å². The molecule has 0 aliphatic heterocycles. The molecule has 0 saturated heterocycles. The average Bonchev–Trinajstić information content (AvgIpc) is 2.75. The van der Waals surface area contributed by atoms with Gasteiger partial charge in [-0.15, -0.1) is 0 Å². The number of carboxylic acids is 2. The third-order valence-electron chi connectivity index (χ3n) is 6.63. The highest BCUT2D eigenvalue weighted by Gasteiger charge is 2.40. The third-order valence-corrected chi connectivity index (χ3v) is 8.02. The molecule has 1 aliphatic rings. The Morgan fingerprint density at radius 1 is 0.938 bits per heavy atom. The van der Waals surface area contributed by atoms with Crippen LogP contribution >= 0.6 is 11.8 Å². The summed E-state index contributed by atoms with van der Waals surface area (Å²) in [6.45, 7) is 2.25. The standard InChI is InChI=1S/C26H46O5S/c1-2-3-4-5-6-7-8-9-10-11-12-13-14-15-23(32-21-18-24(27)28)26(31)19-16-22(17-20-26)25(29)30/h14-15,22-23,31H,2-13,16-21H2,1H3,(H,27,28)(H,29,30)/b15-14-/t22?,23-,26?/m0/s1. The summed E-state index contributed by atoms with van der Waals surface area (Å²) in [7, 11) is 0. The van der Waals surface area contributed by atoms with E-state index in [1.807, 2.05) is 6.08 Å². The second kappa shape index (κ2) is 17.5. The summed E-state index contributed by atoms with van der Waals surface area (Å²) in [5.41, 5.74) is -0.942. The topological polar surface area (TPSA) is 94.8 Å². The first kappa shape index (κ1) is 29.0. The minimum Gasteiger partial charge on any atom is -0.481 e. The monoisotopic (exact) mass is 470 g/mol. The zero-order valence-electron chi connectivity index (χ0n) is 20.1. The van der Waals surface area contributed by atoms with Crippen LogP contribution in [0.25, 0.3) is 0 Å². The van der Waals surface area contributed by atoms with E-state index in [4.69, 9.17) is 5.11 Å². The molecule has 0 amide bonds. The first-order valence-electron chi connectivity index (χ1n) is 12.8. The zero-order chi connectivity index (χ0) is 23.7. The van der Waals surface area contributed by atoms with Crippen LogP contribution in [0.15, 0.2) is 12.2 Å². The molecule has 3 N–H and O–H groups in total. The summed E-state index contributed by atoms with van der Waals surface area (Å²) < 4.78 is 0. The van der Waals surface area contributed by atoms with Crippen LogP contribution in [0.4, 0.5) is 0 Å². The quantitative estimate of drug-likeness (QED) is 0.141. The molecule has 32 heavy (non-hydrogen) atoms. The maximum absolute atomic E-state index is 11.2. The largest absolute Gasteiger partial charge is 0.481 e. The van der Waals surface area contributed by atoms with Crippen molar-refractivity contribution in [2.75, 3.05) is 5.75 Å². The molecule has 0 heterocycles. The van der Waals surface area contributed by atoms with Crippen LogP contribution in [-0.4, -0.2) is 43.9 Å². The Hall–Kier alpha value is -1.01. The van der Waals surface area contributed by atoms with Gasteiger partial charge in [-0.25, -0.2) is 0 Å². The van der Waals surface area contributed by atoms with Gasteiger partial charge in [-0.1, -0.05) is 83.3 Å². The molecule has 1 saturated carbocycles. The molecule has 0 aromatic rings. The summed E-state index contributed by atoms with van der Waals surface area (Å²) in [5.74, 6) is -1.54. The van der Waals surface area contributed by atoms with Crippen molar-refractivity contribution in [3.63, 3.8) is 0 Å². The van der Waals surface area contributed by atoms with Gasteiger partial charge >= 0.3 is 11.9 Å². The Balaban J connectivity index is 2.30. The second-order valence-corrected chi connectivity index (χ2v) is 10.7. The summed E-state index contributed by atoms with van der Waals surface area (Å²) in [5, 5.41) is 29.2. The number of thioether (sulfide) groups is 1. The van der Waals surface area contributed by atoms with Gasteiger partial charge in [-0.3, -0.25) is 9.59 Å². The fraction of sp³-hybridized carbons (Fsp3) is 0.846. The summed E-state index contributed by atoms with van der Waals surface area (Å²) in [4.78, 5) is 22.1. The van der Waals surface area contributed by atoms with Crippen molar-refractivity contribution >= 4 is 23.7 Å². The molecule has 5 nitrogen and oxygen atoms in total. The van der Waals surface area contributed by atoms with E-state index in [1.54, 1.807) is 0 Å². The lowest BCUT2D eigenvalue weighted by Gasteiger charge is -2.39. The van der Waals surface area contributed by atoms with Crippen LogP contribution < -0.4 is 0 Å². The molecule has 0 spiro atoms. The van der Waals surface area contributed by atoms with Gasteiger partial charge < -0.3 is 15.3 Å². The van der Waals surface area contributed by atoms with Gasteiger partial charge in [-0.05, 0) is 38.5 Å². The minimum absolute atomic E-state index is 0.0709. The van der Waals surface area contributed by atoms with Crippen molar-refractivity contribution in [3.05, 3.63) is 12.2 Å². The normalized spacial score (nSPS) is 22.2. The van der Waals surface area contributed by atoms with Gasteiger partial charge in [0, 0.05) is 5.75 Å². The molecular weight excluding hydrogens is 424 g/mol. The number of unbranched alkanes of at least 4 members (excludes halogenated alkanes) is 11. The van der Waals surface area contributed by atoms with Crippen LogP contribution in [0.1, 0.15) is 116 Å². The van der Waals surface area contributed by atoms with E-state index >= 15 is 0 Å². The predicted octanol–water partition coefficient (Wildman–Crippen LogP) is 6.83. The lowest BCUT2D eigenvalue weighted by atomic mass is 9.77. The van der Waals surface area contributed by atoms with Crippen LogP contribution in [0.5, 0.6) is 0 Å². The first-order valence-corrected chi connectivity index (χ1v) is 13.9. The van der Waals surface area contributed by atoms with Crippen LogP contribution in [0, 0.1) is 5.92 Å². The number of aliphatic hydroxyl groups is 1. The molecule has 186 valence electrons. The molecule has 0 aromatic heterocycles. The number of carboxylic acid groups (broad SMARTS) is 2. The van der Waals surface area contributed by atoms with Gasteiger partial charge in [0.05, 0.1) is 23.2 Å². The van der Waals surface area contributed by atoms with Crippen LogP contribution in [0.2, 0.25) is 0 Å². The Bertz CT molecular complexity index is 540. The highest BCUT2D eigenvalue weighted by atomic mass is 32.2. The molecule has 1 aliphatic carbocycles. The second-order valence-electron chi connectivity index (χ2n) is 9.40. The van der Waals surface area contributed by atoms with Gasteiger partial charge in [0.15, 0.2) is 0 Å². The lowest BCUT2D eigenvalue weighted by Crippen LogP contribution is -2.44. The Kier molecular flexibility index (Phi) is 15.8. The summed E-state index contributed by atoms with van der Waals surface area (Å²) in [6.07, 6.45) is 21.6. The van der Waals surface area contributed by atoms with E-state index in [-0.39, 0.29) is 17.6 Å². The molecule has 0 unspecified atom stereocenters. The van der Waals surface area contributed by atoms with Gasteiger partial charge in [-0.2, -0.15) is 11.8 Å². The summed E-state index contributed by atoms with van der Waals surface area (Å²) >= 11 is 1.48. The van der Waals surface area contributed by atoms with Crippen molar-refractivity contribution in [1.82, 2.24) is 0 Å². The number of allylic oxidation sites excluding steroid dienone is 1. The smallest absolute Gasteiger partial charge is 0.306 e. The van der Waals surface area contributed by atoms with Crippen molar-refractivity contribution in [2.24, 2.45) is 5.92 Å². The van der Waals surface area contributed by atoms with E-state index in [1.165, 1.54) is 76.0 Å². The van der Waals surface area contributed by atoms with Crippen LogP contribution in [0.3, 0.4) is 0 Å². The molecule has 0 aromatic carbocycles. The lowest BCUT2D eigenvalue weighted by molar-refractivity contribution is -0.144. The molecule has 0 bridgehead atoms. The number of rotatable bonds is 19. The van der Waals surface area contributed by atoms with Crippen molar-refractivity contribution in [1.29, 1.82) is 0 Å². The molecule has 1 fully saturated rings. The third kappa shape index (κ3) is 12.9. The highest BCUT2D eigenvalue weighted by Crippen LogP contribution is 2.40. The fourth-order valence-corrected chi connectivity index (χ4v) is 5.77. The number of carbonyl (C=O) groups is 2. The molecule has 1 atom stereocenters. The van der Waals surface area contributed by atoms with Crippen molar-refractivity contribution in [2.45, 2.75) is 127 Å². The Morgan fingerprint density at radius 3 is 1.97 bits per heavy atom. The number of hydrogen-bond donors (Lipinski definition) is 3. The van der Waals surface area contributed by atoms with E-state index in [2.05, 4.69) is 13.0 Å². The predicted molar refractivity (Wildman–Crippen MR) is 133 cm³/mol. The Morgan fingerprint density at radius 2 is 1.47 bits per heavy atom. The molecule has 1 rings (SSSR count). The van der Waals surface area contributed by atoms with Gasteiger partial charge in [0.1, 0.15) is 0 Å². The van der Waals surface area contributed by atoms with Gasteiger partial charge in [0.2, 0.25) is 0 Å². The summed E-state index contributed by atoms with van der Waals surface area (Å²) in [6, 6.07) is 0. The van der Waals surface area contributed by atoms with Gasteiger partial charge in [0.25, 0.3) is 0 Å². The van der Waals surface area contributed by atoms with Crippen LogP contribution in [-0.2, 0) is 9.59 Å². The van der Waals surface area contributed by atoms with E-state index in [0.29, 0.717) is 31.4 Å². The number of hydrogen-bond acceptors (Lipinski definition) is 4. The van der Waals surface area contributed by atoms with Crippen molar-refractivity contribution < 1.29 is 24.9 Å². The van der Waals surface area contributed by atoms with E-state index in [9.17, 15) is 19.8 Å². The van der Waals surface area contributed by atoms with E-state index in [0.717, 1.165) is 12.8 Å². The maximum Gasteiger partial charge on any atom is 0.306 e. The Labute approximate surface area is 199 Å². The first-order chi connectivity index (χ1) is 15.4. The maximum atomic E-state index is 11.2. The molecular formula is C26H46O5S. The zero-order valence-corrected chi connectivity index (χ0v) is 20.9. The highest BCUT2D eigenvalue weighted by molar-refractivity contribution is 8.00.